The van der Waals surface area contributed by atoms with Gasteiger partial charge in [0.1, 0.15) is 6.10 Å². The second-order valence-electron chi connectivity index (χ2n) is 6.48. The SMILES string of the molecule is COC(C(=O)Nc1nnc(OC2CCN(c3cccnn3)C2)s1)c1ccc(C)s1. The van der Waals surface area contributed by atoms with E-state index in [9.17, 15) is 4.79 Å². The predicted octanol–water partition coefficient (Wildman–Crippen LogP) is 2.68. The van der Waals surface area contributed by atoms with Crippen LogP contribution >= 0.6 is 22.7 Å². The van der Waals surface area contributed by atoms with Crippen LogP contribution in [0.15, 0.2) is 30.5 Å². The standard InChI is InChI=1S/C18H20N6O3S2/c1-11-5-6-13(28-11)15(26-2)16(25)20-17-22-23-18(29-17)27-12-7-9-24(10-12)14-4-3-8-19-21-14/h3-6,8,12,15H,7,9-10H2,1-2H3,(H,20,22,25). The molecule has 2 unspecified atom stereocenters. The molecule has 3 aromatic heterocycles. The first kappa shape index (κ1) is 19.7. The van der Waals surface area contributed by atoms with Crippen LogP contribution in [0, 0.1) is 6.92 Å². The zero-order valence-corrected chi connectivity index (χ0v) is 17.6. The van der Waals surface area contributed by atoms with Crippen molar-refractivity contribution in [3.8, 4) is 5.19 Å². The summed E-state index contributed by atoms with van der Waals surface area (Å²) in [6.07, 6.45) is 1.80. The first-order valence-corrected chi connectivity index (χ1v) is 10.7. The Kier molecular flexibility index (Phi) is 5.97. The lowest BCUT2D eigenvalue weighted by Gasteiger charge is -2.16. The van der Waals surface area contributed by atoms with E-state index in [1.807, 2.05) is 31.2 Å². The van der Waals surface area contributed by atoms with Gasteiger partial charge in [-0.1, -0.05) is 5.10 Å². The number of amides is 1. The van der Waals surface area contributed by atoms with Crippen LogP contribution in [0.5, 0.6) is 5.19 Å². The average molecular weight is 433 g/mol. The zero-order chi connectivity index (χ0) is 20.2. The topological polar surface area (TPSA) is 102 Å². The van der Waals surface area contributed by atoms with Crippen molar-refractivity contribution in [3.63, 3.8) is 0 Å². The average Bonchev–Trinajstić information content (AvgIpc) is 3.46. The zero-order valence-electron chi connectivity index (χ0n) is 15.9. The van der Waals surface area contributed by atoms with Crippen molar-refractivity contribution in [1.82, 2.24) is 20.4 Å². The molecule has 0 spiro atoms. The van der Waals surface area contributed by atoms with Crippen LogP contribution in [0.2, 0.25) is 0 Å². The monoisotopic (exact) mass is 432 g/mol. The van der Waals surface area contributed by atoms with Crippen LogP contribution in [0.1, 0.15) is 22.3 Å². The molecule has 1 aliphatic heterocycles. The van der Waals surface area contributed by atoms with Gasteiger partial charge in [-0.2, -0.15) is 5.10 Å². The van der Waals surface area contributed by atoms with Crippen molar-refractivity contribution in [2.24, 2.45) is 0 Å². The molecule has 0 aliphatic carbocycles. The van der Waals surface area contributed by atoms with Gasteiger partial charge >= 0.3 is 0 Å². The highest BCUT2D eigenvalue weighted by Gasteiger charge is 2.27. The van der Waals surface area contributed by atoms with Crippen LogP contribution in [0.3, 0.4) is 0 Å². The fourth-order valence-electron chi connectivity index (χ4n) is 3.06. The number of hydrogen-bond donors (Lipinski definition) is 1. The van der Waals surface area contributed by atoms with Gasteiger partial charge < -0.3 is 14.4 Å². The summed E-state index contributed by atoms with van der Waals surface area (Å²) < 4.78 is 11.3. The number of aromatic nitrogens is 4. The quantitative estimate of drug-likeness (QED) is 0.608. The summed E-state index contributed by atoms with van der Waals surface area (Å²) >= 11 is 2.73. The molecule has 1 fully saturated rings. The van der Waals surface area contributed by atoms with Gasteiger partial charge in [-0.15, -0.1) is 21.5 Å². The third-order valence-electron chi connectivity index (χ3n) is 4.42. The van der Waals surface area contributed by atoms with Crippen LogP contribution in [-0.4, -0.2) is 52.6 Å². The normalized spacial score (nSPS) is 17.3. The largest absolute Gasteiger partial charge is 0.464 e. The van der Waals surface area contributed by atoms with Crippen molar-refractivity contribution in [1.29, 1.82) is 0 Å². The van der Waals surface area contributed by atoms with Gasteiger partial charge in [-0.3, -0.25) is 10.1 Å². The molecular weight excluding hydrogens is 412 g/mol. The maximum Gasteiger partial charge on any atom is 0.296 e. The highest BCUT2D eigenvalue weighted by atomic mass is 32.1. The van der Waals surface area contributed by atoms with Crippen LogP contribution in [0.4, 0.5) is 10.9 Å². The summed E-state index contributed by atoms with van der Waals surface area (Å²) in [6, 6.07) is 7.64. The molecule has 152 valence electrons. The highest BCUT2D eigenvalue weighted by Crippen LogP contribution is 2.29. The van der Waals surface area contributed by atoms with Gasteiger partial charge in [-0.25, -0.2) is 0 Å². The Balaban J connectivity index is 1.33. The summed E-state index contributed by atoms with van der Waals surface area (Å²) in [6.45, 7) is 3.52. The van der Waals surface area contributed by atoms with Crippen molar-refractivity contribution >= 4 is 39.5 Å². The van der Waals surface area contributed by atoms with Crippen LogP contribution in [0.25, 0.3) is 0 Å². The number of carbonyl (C=O) groups excluding carboxylic acids is 1. The van der Waals surface area contributed by atoms with E-state index in [0.29, 0.717) is 16.9 Å². The summed E-state index contributed by atoms with van der Waals surface area (Å²) in [5.74, 6) is 0.546. The second-order valence-corrected chi connectivity index (χ2v) is 8.74. The third-order valence-corrected chi connectivity index (χ3v) is 6.20. The number of ether oxygens (including phenoxy) is 2. The number of anilines is 2. The van der Waals surface area contributed by atoms with E-state index in [-0.39, 0.29) is 12.0 Å². The van der Waals surface area contributed by atoms with E-state index in [0.717, 1.165) is 28.5 Å². The number of aryl methyl sites for hydroxylation is 1. The molecular formula is C18H20N6O3S2. The molecule has 1 aliphatic rings. The van der Waals surface area contributed by atoms with Crippen molar-refractivity contribution in [2.75, 3.05) is 30.4 Å². The highest BCUT2D eigenvalue weighted by molar-refractivity contribution is 7.17. The Morgan fingerprint density at radius 3 is 2.90 bits per heavy atom. The molecule has 29 heavy (non-hydrogen) atoms. The third kappa shape index (κ3) is 4.69. The number of methoxy groups -OCH3 is 1. The van der Waals surface area contributed by atoms with E-state index in [2.05, 4.69) is 30.6 Å². The number of nitrogens with zero attached hydrogens (tertiary/aromatic N) is 5. The number of carbonyl (C=O) groups is 1. The Labute approximate surface area is 175 Å². The molecule has 0 aromatic carbocycles. The lowest BCUT2D eigenvalue weighted by molar-refractivity contribution is -0.125. The van der Waals surface area contributed by atoms with Crippen molar-refractivity contribution in [3.05, 3.63) is 40.2 Å². The molecule has 11 heteroatoms. The van der Waals surface area contributed by atoms with Crippen molar-refractivity contribution in [2.45, 2.75) is 25.6 Å². The molecule has 1 amide bonds. The lowest BCUT2D eigenvalue weighted by Crippen LogP contribution is -2.25. The van der Waals surface area contributed by atoms with Crippen LogP contribution < -0.4 is 15.0 Å². The fourth-order valence-corrected chi connectivity index (χ4v) is 4.68. The van der Waals surface area contributed by atoms with Gasteiger partial charge in [0.15, 0.2) is 11.9 Å². The van der Waals surface area contributed by atoms with Gasteiger partial charge in [0.2, 0.25) is 5.13 Å². The molecule has 4 heterocycles. The molecule has 0 bridgehead atoms. The summed E-state index contributed by atoms with van der Waals surface area (Å²) in [7, 11) is 1.51. The number of hydrogen-bond acceptors (Lipinski definition) is 10. The summed E-state index contributed by atoms with van der Waals surface area (Å²) in [4.78, 5) is 16.6. The van der Waals surface area contributed by atoms with E-state index in [1.54, 1.807) is 6.20 Å². The molecule has 4 rings (SSSR count). The molecule has 2 atom stereocenters. The molecule has 1 saturated heterocycles. The minimum atomic E-state index is -0.683. The Morgan fingerprint density at radius 1 is 1.28 bits per heavy atom. The molecule has 3 aromatic rings. The predicted molar refractivity (Wildman–Crippen MR) is 111 cm³/mol. The molecule has 9 nitrogen and oxygen atoms in total. The molecule has 1 N–H and O–H groups in total. The summed E-state index contributed by atoms with van der Waals surface area (Å²) in [5, 5.41) is 19.7. The van der Waals surface area contributed by atoms with Gasteiger partial charge in [0.05, 0.1) is 6.54 Å². The summed E-state index contributed by atoms with van der Waals surface area (Å²) in [5.41, 5.74) is 0. The maximum absolute atomic E-state index is 12.6. The van der Waals surface area contributed by atoms with Gasteiger partial charge in [-0.05, 0) is 42.5 Å². The fraction of sp³-hybridized carbons (Fsp3) is 0.389. The van der Waals surface area contributed by atoms with E-state index < -0.39 is 6.10 Å². The lowest BCUT2D eigenvalue weighted by atomic mass is 10.2. The minimum absolute atomic E-state index is 0.0191. The van der Waals surface area contributed by atoms with Crippen molar-refractivity contribution < 1.29 is 14.3 Å². The Hall–Kier alpha value is -2.63. The van der Waals surface area contributed by atoms with Gasteiger partial charge in [0, 0.05) is 36.0 Å². The number of rotatable bonds is 7. The second kappa shape index (κ2) is 8.80. The maximum atomic E-state index is 12.6. The van der Waals surface area contributed by atoms with Crippen LogP contribution in [-0.2, 0) is 9.53 Å². The van der Waals surface area contributed by atoms with Gasteiger partial charge in [0.25, 0.3) is 11.1 Å². The first-order chi connectivity index (χ1) is 14.1. The number of nitrogens with one attached hydrogen (secondary N) is 1. The van der Waals surface area contributed by atoms with E-state index >= 15 is 0 Å². The molecule has 0 radical (unpaired) electrons. The smallest absolute Gasteiger partial charge is 0.296 e. The van der Waals surface area contributed by atoms with E-state index in [1.165, 1.54) is 29.8 Å². The van der Waals surface area contributed by atoms with E-state index in [4.69, 9.17) is 9.47 Å². The number of thiophene rings is 1. The molecule has 0 saturated carbocycles. The first-order valence-electron chi connectivity index (χ1n) is 9.05. The Morgan fingerprint density at radius 2 is 2.17 bits per heavy atom. The Bertz CT molecular complexity index is 963. The minimum Gasteiger partial charge on any atom is -0.464 e.